The first-order valence-electron chi connectivity index (χ1n) is 7.12. The van der Waals surface area contributed by atoms with E-state index in [4.69, 9.17) is 9.15 Å². The van der Waals surface area contributed by atoms with E-state index in [2.05, 4.69) is 15.6 Å². The van der Waals surface area contributed by atoms with E-state index in [0.29, 0.717) is 30.5 Å². The monoisotopic (exact) mass is 337 g/mol. The number of hydrogen-bond acceptors (Lipinski definition) is 6. The number of aryl methyl sites for hydroxylation is 1. The lowest BCUT2D eigenvalue weighted by atomic mass is 10.2. The van der Waals surface area contributed by atoms with E-state index in [1.807, 2.05) is 17.5 Å². The van der Waals surface area contributed by atoms with Gasteiger partial charge in [0, 0.05) is 13.7 Å². The Hall–Kier alpha value is -2.19. The van der Waals surface area contributed by atoms with Gasteiger partial charge in [-0.05, 0) is 18.4 Å². The number of rotatable bonds is 8. The lowest BCUT2D eigenvalue weighted by molar-refractivity contribution is -0.125. The summed E-state index contributed by atoms with van der Waals surface area (Å²) in [6, 6.07) is 3.82. The van der Waals surface area contributed by atoms with Crippen molar-refractivity contribution in [2.45, 2.75) is 13.3 Å². The summed E-state index contributed by atoms with van der Waals surface area (Å²) in [5.74, 6) is 0.582. The number of thiophene rings is 1. The van der Waals surface area contributed by atoms with Crippen molar-refractivity contribution in [2.75, 3.05) is 26.8 Å². The summed E-state index contributed by atoms with van der Waals surface area (Å²) in [5.41, 5.74) is 0.575. The van der Waals surface area contributed by atoms with Crippen LogP contribution in [0.5, 0.6) is 0 Å². The number of nitrogens with one attached hydrogen (secondary N) is 2. The smallest absolute Gasteiger partial charge is 0.239 e. The second-order valence-corrected chi connectivity index (χ2v) is 5.74. The van der Waals surface area contributed by atoms with Gasteiger partial charge in [0.05, 0.1) is 30.1 Å². The van der Waals surface area contributed by atoms with Crippen LogP contribution in [0.25, 0.3) is 10.8 Å². The van der Waals surface area contributed by atoms with Gasteiger partial charge in [-0.2, -0.15) is 0 Å². The summed E-state index contributed by atoms with van der Waals surface area (Å²) < 4.78 is 10.4. The summed E-state index contributed by atoms with van der Waals surface area (Å²) in [5, 5.41) is 7.12. The molecule has 0 saturated carbocycles. The van der Waals surface area contributed by atoms with Crippen LogP contribution in [0.15, 0.2) is 21.9 Å². The van der Waals surface area contributed by atoms with Crippen LogP contribution >= 0.6 is 11.3 Å². The highest BCUT2D eigenvalue weighted by Crippen LogP contribution is 2.25. The van der Waals surface area contributed by atoms with Crippen LogP contribution in [-0.4, -0.2) is 43.6 Å². The molecule has 124 valence electrons. The molecule has 8 heteroatoms. The number of hydrogen-bond donors (Lipinski definition) is 2. The van der Waals surface area contributed by atoms with Gasteiger partial charge in [-0.25, -0.2) is 4.98 Å². The van der Waals surface area contributed by atoms with Gasteiger partial charge in [0.15, 0.2) is 0 Å². The van der Waals surface area contributed by atoms with Crippen LogP contribution in [-0.2, 0) is 20.7 Å². The molecule has 7 nitrogen and oxygen atoms in total. The summed E-state index contributed by atoms with van der Waals surface area (Å²) >= 11 is 1.52. The standard InChI is InChI=1S/C15H19N3O4S/c1-10-11(18-15(22-10)12-4-3-7-23-12)8-13(19)17-9-14(20)16-5-6-21-2/h3-4,7H,5-6,8-9H2,1-2H3,(H,16,20)(H,17,19). The zero-order valence-electron chi connectivity index (χ0n) is 13.0. The fraction of sp³-hybridized carbons (Fsp3) is 0.400. The topological polar surface area (TPSA) is 93.5 Å². The average Bonchev–Trinajstić information content (AvgIpc) is 3.16. The molecule has 2 aromatic heterocycles. The molecule has 0 bridgehead atoms. The van der Waals surface area contributed by atoms with Gasteiger partial charge < -0.3 is 19.8 Å². The molecule has 2 rings (SSSR count). The number of amides is 2. The van der Waals surface area contributed by atoms with E-state index in [-0.39, 0.29) is 24.8 Å². The number of ether oxygens (including phenoxy) is 1. The minimum atomic E-state index is -0.277. The van der Waals surface area contributed by atoms with Crippen LogP contribution < -0.4 is 10.6 Å². The molecule has 0 radical (unpaired) electrons. The van der Waals surface area contributed by atoms with Crippen molar-refractivity contribution in [3.05, 3.63) is 29.0 Å². The minimum absolute atomic E-state index is 0.0722. The molecule has 2 amide bonds. The zero-order chi connectivity index (χ0) is 16.7. The van der Waals surface area contributed by atoms with Crippen molar-refractivity contribution in [1.29, 1.82) is 0 Å². The van der Waals surface area contributed by atoms with Crippen molar-refractivity contribution in [3.63, 3.8) is 0 Å². The molecule has 0 aromatic carbocycles. The van der Waals surface area contributed by atoms with Crippen molar-refractivity contribution in [2.24, 2.45) is 0 Å². The summed E-state index contributed by atoms with van der Waals surface area (Å²) in [6.45, 7) is 2.54. The van der Waals surface area contributed by atoms with E-state index in [1.165, 1.54) is 11.3 Å². The normalized spacial score (nSPS) is 10.5. The summed E-state index contributed by atoms with van der Waals surface area (Å²) in [6.07, 6.45) is 0.0755. The highest BCUT2D eigenvalue weighted by molar-refractivity contribution is 7.13. The second kappa shape index (κ2) is 8.44. The van der Waals surface area contributed by atoms with Gasteiger partial charge in [-0.1, -0.05) is 6.07 Å². The molecule has 0 atom stereocenters. The number of methoxy groups -OCH3 is 1. The highest BCUT2D eigenvalue weighted by Gasteiger charge is 2.15. The van der Waals surface area contributed by atoms with Crippen molar-refractivity contribution in [3.8, 4) is 10.8 Å². The Balaban J connectivity index is 1.82. The molecule has 0 fully saturated rings. The van der Waals surface area contributed by atoms with E-state index < -0.39 is 0 Å². The largest absolute Gasteiger partial charge is 0.440 e. The van der Waals surface area contributed by atoms with Gasteiger partial charge in [0.25, 0.3) is 0 Å². The zero-order valence-corrected chi connectivity index (χ0v) is 13.9. The predicted molar refractivity (Wildman–Crippen MR) is 86.2 cm³/mol. The summed E-state index contributed by atoms with van der Waals surface area (Å²) in [4.78, 5) is 28.6. The second-order valence-electron chi connectivity index (χ2n) is 4.80. The third kappa shape index (κ3) is 5.19. The van der Waals surface area contributed by atoms with Gasteiger partial charge in [0.1, 0.15) is 5.76 Å². The number of carbonyl (C=O) groups is 2. The molecule has 0 aliphatic heterocycles. The number of oxazole rings is 1. The first kappa shape index (κ1) is 17.2. The molecule has 0 aliphatic carbocycles. The maximum Gasteiger partial charge on any atom is 0.239 e. The van der Waals surface area contributed by atoms with Crippen LogP contribution in [0.4, 0.5) is 0 Å². The van der Waals surface area contributed by atoms with E-state index >= 15 is 0 Å². The fourth-order valence-electron chi connectivity index (χ4n) is 1.85. The number of aromatic nitrogens is 1. The van der Waals surface area contributed by atoms with Gasteiger partial charge in [-0.3, -0.25) is 9.59 Å². The fourth-order valence-corrected chi connectivity index (χ4v) is 2.50. The molecule has 23 heavy (non-hydrogen) atoms. The Morgan fingerprint density at radius 3 is 2.87 bits per heavy atom. The average molecular weight is 337 g/mol. The molecule has 2 aromatic rings. The van der Waals surface area contributed by atoms with E-state index in [9.17, 15) is 9.59 Å². The Morgan fingerprint density at radius 1 is 1.35 bits per heavy atom. The third-order valence-corrected chi connectivity index (χ3v) is 3.88. The number of carbonyl (C=O) groups excluding carboxylic acids is 2. The van der Waals surface area contributed by atoms with Crippen LogP contribution in [0.3, 0.4) is 0 Å². The molecule has 0 aliphatic rings. The van der Waals surface area contributed by atoms with Crippen LogP contribution in [0.2, 0.25) is 0 Å². The number of nitrogens with zero attached hydrogens (tertiary/aromatic N) is 1. The first-order chi connectivity index (χ1) is 11.1. The maximum absolute atomic E-state index is 11.9. The lowest BCUT2D eigenvalue weighted by Crippen LogP contribution is -2.38. The molecule has 2 heterocycles. The minimum Gasteiger partial charge on any atom is -0.440 e. The molecule has 2 N–H and O–H groups in total. The van der Waals surface area contributed by atoms with Gasteiger partial charge in [-0.15, -0.1) is 11.3 Å². The Kier molecular flexibility index (Phi) is 6.30. The van der Waals surface area contributed by atoms with Crippen molar-refractivity contribution < 1.29 is 18.7 Å². The van der Waals surface area contributed by atoms with Crippen LogP contribution in [0, 0.1) is 6.92 Å². The van der Waals surface area contributed by atoms with Crippen molar-refractivity contribution >= 4 is 23.2 Å². The predicted octanol–water partition coefficient (Wildman–Crippen LogP) is 1.13. The Bertz CT molecular complexity index is 652. The van der Waals surface area contributed by atoms with E-state index in [1.54, 1.807) is 14.0 Å². The van der Waals surface area contributed by atoms with Crippen LogP contribution in [0.1, 0.15) is 11.5 Å². The molecule has 0 unspecified atom stereocenters. The third-order valence-electron chi connectivity index (χ3n) is 3.03. The highest BCUT2D eigenvalue weighted by atomic mass is 32.1. The van der Waals surface area contributed by atoms with E-state index in [0.717, 1.165) is 4.88 Å². The Morgan fingerprint density at radius 2 is 2.17 bits per heavy atom. The molecule has 0 saturated heterocycles. The van der Waals surface area contributed by atoms with Crippen molar-refractivity contribution in [1.82, 2.24) is 15.6 Å². The first-order valence-corrected chi connectivity index (χ1v) is 8.00. The van der Waals surface area contributed by atoms with Gasteiger partial charge >= 0.3 is 0 Å². The Labute approximate surface area is 138 Å². The summed E-state index contributed by atoms with van der Waals surface area (Å²) in [7, 11) is 1.55. The SMILES string of the molecule is COCCNC(=O)CNC(=O)Cc1nc(-c2cccs2)oc1C. The molecule has 0 spiro atoms. The maximum atomic E-state index is 11.9. The quantitative estimate of drug-likeness (QED) is 0.705. The van der Waals surface area contributed by atoms with Gasteiger partial charge in [0.2, 0.25) is 17.7 Å². The lowest BCUT2D eigenvalue weighted by Gasteiger charge is -2.05. The molecular weight excluding hydrogens is 318 g/mol. The molecular formula is C15H19N3O4S.